The summed E-state index contributed by atoms with van der Waals surface area (Å²) in [5.41, 5.74) is 5.60. The van der Waals surface area contributed by atoms with Crippen molar-refractivity contribution in [3.05, 3.63) is 44.7 Å². The van der Waals surface area contributed by atoms with E-state index in [2.05, 4.69) is 42.2 Å². The number of nitrogens with zero attached hydrogens (tertiary/aromatic N) is 1. The smallest absolute Gasteiger partial charge is 0.258 e. The Labute approximate surface area is 137 Å². The van der Waals surface area contributed by atoms with Gasteiger partial charge in [0.1, 0.15) is 5.75 Å². The number of ether oxygens (including phenoxy) is 1. The molecule has 0 bridgehead atoms. The average Bonchev–Trinajstić information content (AvgIpc) is 2.44. The van der Waals surface area contributed by atoms with Gasteiger partial charge < -0.3 is 15.8 Å². The third-order valence-corrected chi connectivity index (χ3v) is 3.93. The molecule has 0 spiro atoms. The number of hydrogen-bond donors (Lipinski definition) is 2. The van der Waals surface area contributed by atoms with Crippen LogP contribution in [-0.4, -0.2) is 18.0 Å². The van der Waals surface area contributed by atoms with E-state index in [0.717, 1.165) is 0 Å². The van der Waals surface area contributed by atoms with Gasteiger partial charge in [-0.05, 0) is 44.0 Å². The zero-order valence-corrected chi connectivity index (χ0v) is 14.0. The number of nitrogens with two attached hydrogens (primary N) is 1. The van der Waals surface area contributed by atoms with Crippen molar-refractivity contribution >= 4 is 49.3 Å². The summed E-state index contributed by atoms with van der Waals surface area (Å²) in [7, 11) is 1.50. The normalized spacial score (nSPS) is 10.3. The van der Waals surface area contributed by atoms with Crippen LogP contribution < -0.4 is 15.8 Å². The SMILES string of the molecule is COc1cc(NC(=O)c2ccnc(N)c2F)c(Br)cc1Br. The predicted octanol–water partition coefficient (Wildman–Crippen LogP) is 3.59. The third-order valence-electron chi connectivity index (χ3n) is 2.65. The zero-order valence-electron chi connectivity index (χ0n) is 10.8. The Bertz CT molecular complexity index is 710. The molecule has 0 aliphatic carbocycles. The molecule has 1 aromatic carbocycles. The molecule has 0 aliphatic heterocycles. The fourth-order valence-corrected chi connectivity index (χ4v) is 2.86. The van der Waals surface area contributed by atoms with Crippen LogP contribution in [0.1, 0.15) is 10.4 Å². The summed E-state index contributed by atoms with van der Waals surface area (Å²) >= 11 is 6.63. The summed E-state index contributed by atoms with van der Waals surface area (Å²) < 4.78 is 20.3. The third kappa shape index (κ3) is 3.33. The van der Waals surface area contributed by atoms with E-state index in [-0.39, 0.29) is 11.4 Å². The number of benzene rings is 1. The molecule has 0 saturated carbocycles. The minimum atomic E-state index is -0.852. The number of halogens is 3. The van der Waals surface area contributed by atoms with E-state index in [1.165, 1.54) is 19.4 Å². The number of methoxy groups -OCH3 is 1. The Kier molecular flexibility index (Phi) is 4.79. The summed E-state index contributed by atoms with van der Waals surface area (Å²) in [5, 5.41) is 2.59. The highest BCUT2D eigenvalue weighted by Gasteiger charge is 2.16. The molecule has 0 fully saturated rings. The van der Waals surface area contributed by atoms with Gasteiger partial charge in [-0.2, -0.15) is 0 Å². The fourth-order valence-electron chi connectivity index (χ4n) is 1.61. The summed E-state index contributed by atoms with van der Waals surface area (Å²) in [6, 6.07) is 4.57. The van der Waals surface area contributed by atoms with Crippen molar-refractivity contribution in [1.29, 1.82) is 0 Å². The molecular weight excluding hydrogens is 409 g/mol. The van der Waals surface area contributed by atoms with Crippen LogP contribution in [0, 0.1) is 5.82 Å². The monoisotopic (exact) mass is 417 g/mol. The van der Waals surface area contributed by atoms with Crippen molar-refractivity contribution in [2.24, 2.45) is 0 Å². The van der Waals surface area contributed by atoms with Gasteiger partial charge in [0.2, 0.25) is 0 Å². The Morgan fingerprint density at radius 1 is 1.38 bits per heavy atom. The van der Waals surface area contributed by atoms with Gasteiger partial charge in [-0.15, -0.1) is 0 Å². The molecule has 0 aliphatic rings. The van der Waals surface area contributed by atoms with Crippen LogP contribution in [0.4, 0.5) is 15.9 Å². The summed E-state index contributed by atoms with van der Waals surface area (Å²) in [5.74, 6) is -1.28. The number of anilines is 2. The Balaban J connectivity index is 2.34. The van der Waals surface area contributed by atoms with Crippen molar-refractivity contribution in [2.45, 2.75) is 0 Å². The lowest BCUT2D eigenvalue weighted by Crippen LogP contribution is -2.15. The highest BCUT2D eigenvalue weighted by atomic mass is 79.9. The van der Waals surface area contributed by atoms with Crippen LogP contribution >= 0.6 is 31.9 Å². The highest BCUT2D eigenvalue weighted by molar-refractivity contribution is 9.11. The molecule has 2 aromatic rings. The van der Waals surface area contributed by atoms with E-state index in [1.807, 2.05) is 0 Å². The topological polar surface area (TPSA) is 77.2 Å². The van der Waals surface area contributed by atoms with Crippen LogP contribution in [0.5, 0.6) is 5.75 Å². The van der Waals surface area contributed by atoms with E-state index < -0.39 is 11.7 Å². The molecule has 110 valence electrons. The van der Waals surface area contributed by atoms with E-state index in [9.17, 15) is 9.18 Å². The van der Waals surface area contributed by atoms with Crippen LogP contribution in [0.2, 0.25) is 0 Å². The fraction of sp³-hybridized carbons (Fsp3) is 0.0769. The first-order valence-electron chi connectivity index (χ1n) is 5.68. The molecule has 8 heteroatoms. The quantitative estimate of drug-likeness (QED) is 0.798. The lowest BCUT2D eigenvalue weighted by molar-refractivity contribution is 0.102. The Hall–Kier alpha value is -1.67. The number of amides is 1. The number of nitrogens with one attached hydrogen (secondary N) is 1. The first-order valence-corrected chi connectivity index (χ1v) is 7.27. The van der Waals surface area contributed by atoms with E-state index in [4.69, 9.17) is 10.5 Å². The molecule has 0 unspecified atom stereocenters. The maximum atomic E-state index is 13.8. The molecule has 0 atom stereocenters. The van der Waals surface area contributed by atoms with Crippen LogP contribution in [0.3, 0.4) is 0 Å². The molecule has 3 N–H and O–H groups in total. The second-order valence-corrected chi connectivity index (χ2v) is 5.69. The molecule has 2 rings (SSSR count). The van der Waals surface area contributed by atoms with E-state index >= 15 is 0 Å². The molecule has 21 heavy (non-hydrogen) atoms. The molecule has 1 heterocycles. The number of pyridine rings is 1. The van der Waals surface area contributed by atoms with Crippen molar-refractivity contribution in [3.63, 3.8) is 0 Å². The van der Waals surface area contributed by atoms with E-state index in [0.29, 0.717) is 20.4 Å². The van der Waals surface area contributed by atoms with Crippen LogP contribution in [0.15, 0.2) is 33.3 Å². The first-order chi connectivity index (χ1) is 9.93. The second kappa shape index (κ2) is 6.40. The van der Waals surface area contributed by atoms with Crippen molar-refractivity contribution in [1.82, 2.24) is 4.98 Å². The lowest BCUT2D eigenvalue weighted by Gasteiger charge is -2.11. The number of carbonyl (C=O) groups is 1. The zero-order chi connectivity index (χ0) is 15.6. The average molecular weight is 419 g/mol. The van der Waals surface area contributed by atoms with Gasteiger partial charge in [0.25, 0.3) is 5.91 Å². The predicted molar refractivity (Wildman–Crippen MR) is 85.0 cm³/mol. The minimum absolute atomic E-state index is 0.184. The van der Waals surface area contributed by atoms with E-state index in [1.54, 1.807) is 12.1 Å². The van der Waals surface area contributed by atoms with Gasteiger partial charge in [0.15, 0.2) is 11.6 Å². The van der Waals surface area contributed by atoms with Gasteiger partial charge in [-0.25, -0.2) is 9.37 Å². The van der Waals surface area contributed by atoms with Gasteiger partial charge in [-0.1, -0.05) is 0 Å². The van der Waals surface area contributed by atoms with Crippen LogP contribution in [0.25, 0.3) is 0 Å². The highest BCUT2D eigenvalue weighted by Crippen LogP contribution is 2.34. The number of nitrogen functional groups attached to an aromatic ring is 1. The maximum absolute atomic E-state index is 13.8. The molecule has 5 nitrogen and oxygen atoms in total. The first kappa shape index (κ1) is 15.7. The lowest BCUT2D eigenvalue weighted by atomic mass is 10.2. The number of aromatic nitrogens is 1. The maximum Gasteiger partial charge on any atom is 0.258 e. The number of hydrogen-bond acceptors (Lipinski definition) is 4. The van der Waals surface area contributed by atoms with Crippen molar-refractivity contribution in [3.8, 4) is 5.75 Å². The number of rotatable bonds is 3. The Morgan fingerprint density at radius 2 is 2.10 bits per heavy atom. The van der Waals surface area contributed by atoms with Crippen molar-refractivity contribution < 1.29 is 13.9 Å². The standard InChI is InChI=1S/C13H10Br2FN3O2/c1-21-10-5-9(7(14)4-8(10)15)19-13(20)6-2-3-18-12(17)11(6)16/h2-5H,1H3,(H2,17,18)(H,19,20). The molecule has 0 radical (unpaired) electrons. The molecular formula is C13H10Br2FN3O2. The molecule has 0 saturated heterocycles. The second-order valence-electron chi connectivity index (χ2n) is 3.98. The molecule has 1 amide bonds. The minimum Gasteiger partial charge on any atom is -0.495 e. The summed E-state index contributed by atoms with van der Waals surface area (Å²) in [6.07, 6.45) is 1.27. The summed E-state index contributed by atoms with van der Waals surface area (Å²) in [4.78, 5) is 15.7. The van der Waals surface area contributed by atoms with Gasteiger partial charge in [0.05, 0.1) is 22.8 Å². The van der Waals surface area contributed by atoms with Gasteiger partial charge in [0, 0.05) is 16.7 Å². The van der Waals surface area contributed by atoms with Gasteiger partial charge in [-0.3, -0.25) is 4.79 Å². The van der Waals surface area contributed by atoms with Crippen LogP contribution in [-0.2, 0) is 0 Å². The Morgan fingerprint density at radius 3 is 2.76 bits per heavy atom. The van der Waals surface area contributed by atoms with Gasteiger partial charge >= 0.3 is 0 Å². The van der Waals surface area contributed by atoms with Crippen molar-refractivity contribution in [2.75, 3.05) is 18.2 Å². The number of carbonyl (C=O) groups excluding carboxylic acids is 1. The summed E-state index contributed by atoms with van der Waals surface area (Å²) in [6.45, 7) is 0. The largest absolute Gasteiger partial charge is 0.495 e. The molecule has 1 aromatic heterocycles.